The fourth-order valence-corrected chi connectivity index (χ4v) is 10.1. The molecule has 304 valence electrons. The van der Waals surface area contributed by atoms with Crippen LogP contribution in [0.5, 0.6) is 23.0 Å². The Morgan fingerprint density at radius 3 is 1.95 bits per heavy atom. The van der Waals surface area contributed by atoms with Crippen molar-refractivity contribution in [1.82, 2.24) is 9.55 Å². The van der Waals surface area contributed by atoms with Gasteiger partial charge in [0.15, 0.2) is 0 Å². The van der Waals surface area contributed by atoms with Gasteiger partial charge in [-0.1, -0.05) is 120 Å². The number of nitrogens with zero attached hydrogens (tertiary/aromatic N) is 4. The van der Waals surface area contributed by atoms with E-state index in [4.69, 9.17) is 14.5 Å². The van der Waals surface area contributed by atoms with Crippen molar-refractivity contribution in [1.29, 1.82) is 0 Å². The van der Waals surface area contributed by atoms with Crippen molar-refractivity contribution in [3.05, 3.63) is 229 Å². The fourth-order valence-electron chi connectivity index (χ4n) is 10.1. The summed E-state index contributed by atoms with van der Waals surface area (Å²) in [4.78, 5) is 9.20. The van der Waals surface area contributed by atoms with Gasteiger partial charge in [0.2, 0.25) is 0 Å². The molecule has 10 aromatic rings. The molecule has 7 heteroatoms. The van der Waals surface area contributed by atoms with Gasteiger partial charge in [-0.3, -0.25) is 0 Å². The molecule has 0 unspecified atom stereocenters. The molecule has 0 aliphatic carbocycles. The van der Waals surface area contributed by atoms with E-state index in [0.29, 0.717) is 11.5 Å². The molecule has 0 radical (unpaired) electrons. The van der Waals surface area contributed by atoms with Gasteiger partial charge in [-0.15, -0.1) is 35.2 Å². The second-order valence-corrected chi connectivity index (χ2v) is 16.1. The number of hydrogen-bond donors (Lipinski definition) is 0. The van der Waals surface area contributed by atoms with Gasteiger partial charge in [-0.2, -0.15) is 18.8 Å². The van der Waals surface area contributed by atoms with E-state index in [9.17, 15) is 0 Å². The molecule has 0 saturated heterocycles. The van der Waals surface area contributed by atoms with Crippen molar-refractivity contribution in [3.63, 3.8) is 0 Å². The van der Waals surface area contributed by atoms with Gasteiger partial charge in [0.25, 0.3) is 0 Å². The van der Waals surface area contributed by atoms with Crippen LogP contribution in [0.4, 0.5) is 17.1 Å². The first kappa shape index (κ1) is 37.4. The third kappa shape index (κ3) is 5.51. The summed E-state index contributed by atoms with van der Waals surface area (Å²) >= 11 is 0. The Bertz CT molecular complexity index is 3330. The van der Waals surface area contributed by atoms with Crippen LogP contribution in [0.25, 0.3) is 49.9 Å². The summed E-state index contributed by atoms with van der Waals surface area (Å²) in [5.41, 5.74) is 13.2. The molecule has 63 heavy (non-hydrogen) atoms. The van der Waals surface area contributed by atoms with Crippen LogP contribution in [0.3, 0.4) is 0 Å². The van der Waals surface area contributed by atoms with E-state index < -0.39 is 5.41 Å². The summed E-state index contributed by atoms with van der Waals surface area (Å²) in [6.07, 6.45) is 1.82. The minimum Gasteiger partial charge on any atom is -0.509 e. The topological polar surface area (TPSA) is 42.8 Å². The van der Waals surface area contributed by atoms with E-state index >= 15 is 0 Å². The molecule has 0 N–H and O–H groups in total. The predicted molar refractivity (Wildman–Crippen MR) is 247 cm³/mol. The zero-order chi connectivity index (χ0) is 40.9. The molecule has 0 atom stereocenters. The van der Waals surface area contributed by atoms with E-state index in [0.717, 1.165) is 95.1 Å². The first-order chi connectivity index (χ1) is 30.6. The maximum absolute atomic E-state index is 6.93. The maximum Gasteiger partial charge on any atom is 0.135 e. The number of aromatic nitrogens is 2. The number of fused-ring (bicyclic) bond motifs is 11. The first-order valence-corrected chi connectivity index (χ1v) is 20.8. The molecule has 0 saturated carbocycles. The van der Waals surface area contributed by atoms with Gasteiger partial charge in [0, 0.05) is 72.2 Å². The number of rotatable bonds is 5. The first-order valence-electron chi connectivity index (χ1n) is 20.8. The Morgan fingerprint density at radius 1 is 0.571 bits per heavy atom. The van der Waals surface area contributed by atoms with Crippen LogP contribution >= 0.6 is 0 Å². The predicted octanol–water partition coefficient (Wildman–Crippen LogP) is 13.4. The van der Waals surface area contributed by atoms with E-state index in [-0.39, 0.29) is 21.1 Å². The van der Waals surface area contributed by atoms with E-state index in [1.165, 1.54) is 5.56 Å². The third-order valence-corrected chi connectivity index (χ3v) is 12.7. The van der Waals surface area contributed by atoms with Crippen LogP contribution in [-0.4, -0.2) is 16.6 Å². The van der Waals surface area contributed by atoms with Crippen LogP contribution in [0.15, 0.2) is 188 Å². The largest absolute Gasteiger partial charge is 0.509 e. The van der Waals surface area contributed by atoms with Crippen molar-refractivity contribution in [3.8, 4) is 51.1 Å². The zero-order valence-electron chi connectivity index (χ0n) is 33.9. The molecule has 13 rings (SSSR count). The molecule has 0 fully saturated rings. The summed E-state index contributed by atoms with van der Waals surface area (Å²) in [5.74, 6) is 3.64. The van der Waals surface area contributed by atoms with Crippen LogP contribution in [-0.2, 0) is 26.5 Å². The Morgan fingerprint density at radius 2 is 1.24 bits per heavy atom. The van der Waals surface area contributed by atoms with E-state index in [2.05, 4.69) is 198 Å². The number of ether oxygens (including phenoxy) is 2. The molecule has 0 amide bonds. The smallest absolute Gasteiger partial charge is 0.135 e. The van der Waals surface area contributed by atoms with Crippen molar-refractivity contribution in [2.24, 2.45) is 0 Å². The number of hydrogen-bond acceptors (Lipinski definition) is 5. The van der Waals surface area contributed by atoms with Crippen LogP contribution < -0.4 is 19.3 Å². The van der Waals surface area contributed by atoms with Gasteiger partial charge in [0.05, 0.1) is 0 Å². The van der Waals surface area contributed by atoms with Gasteiger partial charge >= 0.3 is 0 Å². The van der Waals surface area contributed by atoms with Gasteiger partial charge < -0.3 is 23.8 Å². The summed E-state index contributed by atoms with van der Waals surface area (Å²) in [6, 6.07) is 71.3. The molecule has 5 heterocycles. The number of anilines is 3. The Hall–Kier alpha value is -7.40. The second kappa shape index (κ2) is 14.3. The maximum atomic E-state index is 6.93. The van der Waals surface area contributed by atoms with Crippen molar-refractivity contribution < 1.29 is 30.5 Å². The average Bonchev–Trinajstić information content (AvgIpc) is 3.85. The summed E-state index contributed by atoms with van der Waals surface area (Å²) in [7, 11) is 2.11. The minimum atomic E-state index is -0.793. The fraction of sp³-hybridized carbons (Fsp3) is 0.0357. The summed E-state index contributed by atoms with van der Waals surface area (Å²) in [6.45, 7) is 2.16. The molecule has 2 aromatic heterocycles. The van der Waals surface area contributed by atoms with Crippen LogP contribution in [0.1, 0.15) is 22.3 Å². The minimum absolute atomic E-state index is 0. The summed E-state index contributed by atoms with van der Waals surface area (Å²) < 4.78 is 15.9. The third-order valence-electron chi connectivity index (χ3n) is 12.7. The van der Waals surface area contributed by atoms with Gasteiger partial charge in [0.1, 0.15) is 17.3 Å². The SMILES string of the molecule is CN1[CH-]N2c3[c-]c(Oc4[c-]c5c(cc4)c4ccccc4n5-c4ccccn4)ccc3C3(c4cc(-c5ccccc5)ccc4Oc4ccc(-c5ccccc5)cc43)c3cccc1c32.[Pt]. The quantitative estimate of drug-likeness (QED) is 0.161. The number of para-hydroxylation sites is 2. The normalized spacial score (nSPS) is 13.8. The monoisotopic (exact) mass is 990 g/mol. The molecular formula is C56H35N4O2Pt-3. The molecule has 6 nitrogen and oxygen atoms in total. The van der Waals surface area contributed by atoms with Crippen molar-refractivity contribution in [2.75, 3.05) is 16.8 Å². The van der Waals surface area contributed by atoms with Crippen molar-refractivity contribution in [2.45, 2.75) is 5.41 Å². The molecule has 0 bridgehead atoms. The van der Waals surface area contributed by atoms with Gasteiger partial charge in [-0.05, 0) is 88.8 Å². The van der Waals surface area contributed by atoms with Gasteiger partial charge in [-0.25, -0.2) is 4.98 Å². The van der Waals surface area contributed by atoms with Crippen molar-refractivity contribution >= 4 is 38.9 Å². The van der Waals surface area contributed by atoms with E-state index in [1.54, 1.807) is 0 Å². The molecular weight excluding hydrogens is 956 g/mol. The molecule has 1 spiro atoms. The zero-order valence-corrected chi connectivity index (χ0v) is 36.2. The average molecular weight is 991 g/mol. The second-order valence-electron chi connectivity index (χ2n) is 16.1. The molecule has 8 aromatic carbocycles. The Labute approximate surface area is 379 Å². The number of benzene rings is 8. The Kier molecular flexibility index (Phi) is 8.50. The van der Waals surface area contributed by atoms with Crippen LogP contribution in [0.2, 0.25) is 0 Å². The molecule has 3 aliphatic heterocycles. The number of pyridine rings is 1. The summed E-state index contributed by atoms with van der Waals surface area (Å²) in [5, 5.41) is 2.21. The Balaban J connectivity index is 0.00000421. The molecule has 3 aliphatic rings. The standard InChI is InChI=1S/C56H35N4O2.Pt/c1-58-35-59-51-34-41(61-40-24-26-43-42-17-8-9-19-48(42)60(50(43)33-40)54-21-10-11-30-57-54)25-27-44(51)56(45-18-12-20-49(58)55(45)59)46-31-38(36-13-4-2-5-14-36)22-28-52(46)62-53-29-23-39(32-47(53)56)37-15-6-3-7-16-37;/h2-32,35H,1H3;/q-3;. The van der Waals surface area contributed by atoms with E-state index in [1.807, 2.05) is 30.5 Å². The van der Waals surface area contributed by atoms with Crippen LogP contribution in [0, 0.1) is 18.8 Å².